The van der Waals surface area contributed by atoms with Crippen LogP contribution < -0.4 is 0 Å². The van der Waals surface area contributed by atoms with Gasteiger partial charge in [0.05, 0.1) is 35.3 Å². The Labute approximate surface area is 215 Å². The number of hydrogen-bond donors (Lipinski definition) is 1. The van der Waals surface area contributed by atoms with Gasteiger partial charge in [0.25, 0.3) is 5.69 Å². The molecule has 12 nitrogen and oxygen atoms in total. The Balaban J connectivity index is 1.81. The Morgan fingerprint density at radius 1 is 1.14 bits per heavy atom. The van der Waals surface area contributed by atoms with Crippen LogP contribution in [0.4, 0.5) is 10.5 Å². The molecule has 3 rings (SSSR count). The fourth-order valence-corrected chi connectivity index (χ4v) is 4.84. The average Bonchev–Trinajstić information content (AvgIpc) is 3.21. The third-order valence-corrected chi connectivity index (χ3v) is 7.72. The maximum atomic E-state index is 12.9. The summed E-state index contributed by atoms with van der Waals surface area (Å²) in [4.78, 5) is 48.9. The summed E-state index contributed by atoms with van der Waals surface area (Å²) in [5.41, 5.74) is -2.26. The van der Waals surface area contributed by atoms with E-state index < -0.39 is 58.8 Å². The topological polar surface area (TPSA) is 155 Å². The molecular formula is C24H33BN2O10. The highest BCUT2D eigenvalue weighted by Gasteiger charge is 2.59. The summed E-state index contributed by atoms with van der Waals surface area (Å²) in [5.74, 6) is -1.54. The number of nitro groups is 1. The lowest BCUT2D eigenvalue weighted by Crippen LogP contribution is -2.49. The number of likely N-dealkylation sites (tertiary alicyclic amines) is 1. The number of carbonyl (C=O) groups is 3. The average molecular weight is 520 g/mol. The van der Waals surface area contributed by atoms with E-state index in [1.54, 1.807) is 6.92 Å². The number of amides is 1. The summed E-state index contributed by atoms with van der Waals surface area (Å²) in [6, 6.07) is 3.67. The lowest BCUT2D eigenvalue weighted by Gasteiger charge is -2.35. The third-order valence-electron chi connectivity index (χ3n) is 7.72. The van der Waals surface area contributed by atoms with E-state index in [0.29, 0.717) is 19.2 Å². The van der Waals surface area contributed by atoms with E-state index in [0.717, 1.165) is 4.90 Å². The van der Waals surface area contributed by atoms with E-state index in [-0.39, 0.29) is 17.8 Å². The summed E-state index contributed by atoms with van der Waals surface area (Å²) in [6.07, 6.45) is -1.05. The van der Waals surface area contributed by atoms with Crippen LogP contribution in [-0.4, -0.2) is 77.1 Å². The highest BCUT2D eigenvalue weighted by Crippen LogP contribution is 2.45. The number of carboxylic acid groups (broad SMARTS) is 1. The molecule has 0 radical (unpaired) electrons. The maximum Gasteiger partial charge on any atom is 0.457 e. The van der Waals surface area contributed by atoms with Crippen molar-refractivity contribution in [3.8, 4) is 0 Å². The van der Waals surface area contributed by atoms with Crippen LogP contribution in [0, 0.1) is 15.5 Å². The van der Waals surface area contributed by atoms with Crippen LogP contribution in [0.3, 0.4) is 0 Å². The minimum atomic E-state index is -1.35. The van der Waals surface area contributed by atoms with Gasteiger partial charge in [0.1, 0.15) is 12.1 Å². The van der Waals surface area contributed by atoms with Crippen molar-refractivity contribution in [2.75, 3.05) is 13.7 Å². The van der Waals surface area contributed by atoms with Crippen molar-refractivity contribution in [1.29, 1.82) is 0 Å². The molecule has 202 valence electrons. The number of nitro benzene ring substituents is 1. The maximum absolute atomic E-state index is 12.9. The molecule has 2 aliphatic heterocycles. The Hall–Kier alpha value is -3.19. The molecule has 0 saturated carbocycles. The first-order valence-corrected chi connectivity index (χ1v) is 12.0. The number of hydrogen-bond acceptors (Lipinski definition) is 9. The quantitative estimate of drug-likeness (QED) is 0.233. The van der Waals surface area contributed by atoms with Gasteiger partial charge >= 0.3 is 25.2 Å². The van der Waals surface area contributed by atoms with Crippen molar-refractivity contribution in [3.63, 3.8) is 0 Å². The largest absolute Gasteiger partial charge is 0.467 e. The minimum absolute atomic E-state index is 0.0635. The van der Waals surface area contributed by atoms with Gasteiger partial charge in [-0.25, -0.2) is 14.4 Å². The van der Waals surface area contributed by atoms with Gasteiger partial charge < -0.3 is 23.9 Å². The predicted molar refractivity (Wildman–Crippen MR) is 131 cm³/mol. The molecule has 2 saturated heterocycles. The van der Waals surface area contributed by atoms with E-state index in [9.17, 15) is 29.6 Å². The minimum Gasteiger partial charge on any atom is -0.467 e. The summed E-state index contributed by atoms with van der Waals surface area (Å²) >= 11 is 0. The van der Waals surface area contributed by atoms with E-state index >= 15 is 0 Å². The van der Waals surface area contributed by atoms with Crippen molar-refractivity contribution in [1.82, 2.24) is 4.90 Å². The van der Waals surface area contributed by atoms with Crippen LogP contribution in [0.5, 0.6) is 0 Å². The molecule has 37 heavy (non-hydrogen) atoms. The zero-order chi connectivity index (χ0) is 27.8. The SMILES string of the molecule is COC(=O)C1N(C(=O)O)CC(OC(=O)c2ccc([N+](=O)[O-])cc2)C1(C)CCCB1OC(C)(C)C(C)(C)O1. The zero-order valence-electron chi connectivity index (χ0n) is 21.9. The van der Waals surface area contributed by atoms with Crippen LogP contribution >= 0.6 is 0 Å². The second-order valence-corrected chi connectivity index (χ2v) is 10.6. The molecule has 2 heterocycles. The molecule has 3 atom stereocenters. The highest BCUT2D eigenvalue weighted by molar-refractivity contribution is 6.45. The van der Waals surface area contributed by atoms with Crippen molar-refractivity contribution >= 4 is 30.8 Å². The molecule has 0 aliphatic carbocycles. The molecule has 1 N–H and O–H groups in total. The van der Waals surface area contributed by atoms with Crippen LogP contribution in [0.1, 0.15) is 57.8 Å². The smallest absolute Gasteiger partial charge is 0.457 e. The predicted octanol–water partition coefficient (Wildman–Crippen LogP) is 3.53. The van der Waals surface area contributed by atoms with E-state index in [1.165, 1.54) is 31.4 Å². The number of rotatable bonds is 8. The first-order valence-electron chi connectivity index (χ1n) is 12.0. The van der Waals surface area contributed by atoms with Gasteiger partial charge in [-0.05, 0) is 52.6 Å². The molecule has 0 aromatic heterocycles. The van der Waals surface area contributed by atoms with Gasteiger partial charge in [-0.3, -0.25) is 15.0 Å². The second-order valence-electron chi connectivity index (χ2n) is 10.6. The number of nitrogens with zero attached hydrogens (tertiary/aromatic N) is 2. The summed E-state index contributed by atoms with van der Waals surface area (Å²) in [5, 5.41) is 20.7. The molecule has 1 amide bonds. The van der Waals surface area contributed by atoms with Crippen molar-refractivity contribution in [2.24, 2.45) is 5.41 Å². The highest BCUT2D eigenvalue weighted by atomic mass is 16.7. The Morgan fingerprint density at radius 2 is 1.70 bits per heavy atom. The second kappa shape index (κ2) is 10.3. The molecule has 13 heteroatoms. The Bertz CT molecular complexity index is 1040. The number of non-ortho nitro benzene ring substituents is 1. The lowest BCUT2D eigenvalue weighted by atomic mass is 9.72. The van der Waals surface area contributed by atoms with E-state index in [1.807, 2.05) is 27.7 Å². The fourth-order valence-electron chi connectivity index (χ4n) is 4.84. The molecule has 0 spiro atoms. The third kappa shape index (κ3) is 5.57. The van der Waals surface area contributed by atoms with Gasteiger partial charge in [0.15, 0.2) is 0 Å². The number of benzene rings is 1. The van der Waals surface area contributed by atoms with Gasteiger partial charge in [0, 0.05) is 17.5 Å². The number of carbonyl (C=O) groups excluding carboxylic acids is 2. The van der Waals surface area contributed by atoms with Crippen LogP contribution in [0.15, 0.2) is 24.3 Å². The Morgan fingerprint density at radius 3 is 2.19 bits per heavy atom. The first-order chi connectivity index (χ1) is 17.1. The molecule has 1 aromatic rings. The monoisotopic (exact) mass is 520 g/mol. The van der Waals surface area contributed by atoms with Crippen LogP contribution in [-0.2, 0) is 23.6 Å². The summed E-state index contributed by atoms with van der Waals surface area (Å²) in [7, 11) is 0.687. The van der Waals surface area contributed by atoms with Crippen molar-refractivity contribution in [3.05, 3.63) is 39.9 Å². The van der Waals surface area contributed by atoms with E-state index in [2.05, 4.69) is 0 Å². The van der Waals surface area contributed by atoms with Crippen molar-refractivity contribution in [2.45, 2.75) is 77.1 Å². The number of ether oxygens (including phenoxy) is 2. The van der Waals surface area contributed by atoms with E-state index in [4.69, 9.17) is 18.8 Å². The molecular weight excluding hydrogens is 487 g/mol. The lowest BCUT2D eigenvalue weighted by molar-refractivity contribution is -0.384. The summed E-state index contributed by atoms with van der Waals surface area (Å²) in [6.45, 7) is 9.22. The van der Waals surface area contributed by atoms with Crippen LogP contribution in [0.25, 0.3) is 0 Å². The molecule has 1 aromatic carbocycles. The summed E-state index contributed by atoms with van der Waals surface area (Å²) < 4.78 is 22.7. The first kappa shape index (κ1) is 28.4. The normalized spacial score (nSPS) is 26.1. The standard InChI is InChI=1S/C24H33BN2O10/c1-22(2)23(3,4)37-25(36-22)13-7-12-24(5)17(14-26(21(30)31)18(24)20(29)34-6)35-19(28)15-8-10-16(11-9-15)27(32)33/h8-11,17-18H,7,12-14H2,1-6H3,(H,30,31). The van der Waals surface area contributed by atoms with Gasteiger partial charge in [0.2, 0.25) is 0 Å². The molecule has 2 aliphatic rings. The fraction of sp³-hybridized carbons (Fsp3) is 0.625. The van der Waals surface area contributed by atoms with Crippen LogP contribution in [0.2, 0.25) is 6.32 Å². The molecule has 0 bridgehead atoms. The van der Waals surface area contributed by atoms with Crippen molar-refractivity contribution < 1.29 is 43.2 Å². The molecule has 2 fully saturated rings. The van der Waals surface area contributed by atoms with Gasteiger partial charge in [-0.15, -0.1) is 0 Å². The van der Waals surface area contributed by atoms with Gasteiger partial charge in [-0.2, -0.15) is 0 Å². The number of esters is 2. The Kier molecular flexibility index (Phi) is 7.89. The molecule has 3 unspecified atom stereocenters. The van der Waals surface area contributed by atoms with Gasteiger partial charge in [-0.1, -0.05) is 13.3 Å². The zero-order valence-corrected chi connectivity index (χ0v) is 21.9. The number of methoxy groups -OCH3 is 1.